The van der Waals surface area contributed by atoms with Crippen molar-refractivity contribution in [1.82, 2.24) is 5.32 Å². The van der Waals surface area contributed by atoms with E-state index in [0.29, 0.717) is 10.9 Å². The van der Waals surface area contributed by atoms with Gasteiger partial charge in [0.05, 0.1) is 0 Å². The van der Waals surface area contributed by atoms with Gasteiger partial charge in [-0.3, -0.25) is 0 Å². The summed E-state index contributed by atoms with van der Waals surface area (Å²) in [5.74, 6) is -0.556. The van der Waals surface area contributed by atoms with Crippen LogP contribution in [0, 0.1) is 11.6 Å². The quantitative estimate of drug-likeness (QED) is 0.686. The van der Waals surface area contributed by atoms with Crippen LogP contribution in [0.25, 0.3) is 0 Å². The van der Waals surface area contributed by atoms with Gasteiger partial charge in [-0.25, -0.2) is 8.78 Å². The summed E-state index contributed by atoms with van der Waals surface area (Å²) in [5.41, 5.74) is 1.84. The lowest BCUT2D eigenvalue weighted by atomic mass is 9.98. The molecule has 0 aliphatic carbocycles. The smallest absolute Gasteiger partial charge is 0.124 e. The third-order valence-electron chi connectivity index (χ3n) is 3.18. The van der Waals surface area contributed by atoms with Crippen molar-refractivity contribution < 1.29 is 8.78 Å². The summed E-state index contributed by atoms with van der Waals surface area (Å²) in [6.45, 7) is 2.76. The molecule has 2 aromatic carbocycles. The van der Waals surface area contributed by atoms with Crippen molar-refractivity contribution in [2.45, 2.75) is 19.4 Å². The molecule has 1 nitrogen and oxygen atoms in total. The molecule has 1 atom stereocenters. The van der Waals surface area contributed by atoms with E-state index in [1.807, 2.05) is 13.0 Å². The highest BCUT2D eigenvalue weighted by molar-refractivity contribution is 9.10. The predicted molar refractivity (Wildman–Crippen MR) is 88.3 cm³/mol. The molecule has 5 heteroatoms. The number of rotatable bonds is 5. The molecule has 0 aliphatic rings. The number of halogens is 4. The molecule has 1 N–H and O–H groups in total. The van der Waals surface area contributed by atoms with Crippen molar-refractivity contribution >= 4 is 31.9 Å². The molecule has 2 aromatic rings. The van der Waals surface area contributed by atoms with E-state index < -0.39 is 0 Å². The Labute approximate surface area is 140 Å². The molecule has 0 spiro atoms. The lowest BCUT2D eigenvalue weighted by Gasteiger charge is -2.20. The van der Waals surface area contributed by atoms with Crippen molar-refractivity contribution in [2.75, 3.05) is 6.54 Å². The second kappa shape index (κ2) is 7.47. The molecule has 0 fully saturated rings. The second-order valence-corrected chi connectivity index (χ2v) is 6.52. The van der Waals surface area contributed by atoms with Crippen LogP contribution in [-0.2, 0) is 6.42 Å². The summed E-state index contributed by atoms with van der Waals surface area (Å²) in [4.78, 5) is 0. The third kappa shape index (κ3) is 4.59. The molecular formula is C16H15Br2F2N. The molecule has 2 rings (SSSR count). The molecule has 0 saturated heterocycles. The standard InChI is InChI=1S/C16H15Br2F2N/c1-2-21-16(11-5-12(17)8-14(20)6-11)7-10-3-4-13(19)9-15(10)18/h3-6,8-9,16,21H,2,7H2,1H3. The highest BCUT2D eigenvalue weighted by atomic mass is 79.9. The number of hydrogen-bond acceptors (Lipinski definition) is 1. The van der Waals surface area contributed by atoms with Crippen LogP contribution in [-0.4, -0.2) is 6.54 Å². The van der Waals surface area contributed by atoms with E-state index >= 15 is 0 Å². The van der Waals surface area contributed by atoms with E-state index in [2.05, 4.69) is 37.2 Å². The van der Waals surface area contributed by atoms with Gasteiger partial charge in [0, 0.05) is 15.0 Å². The summed E-state index contributed by atoms with van der Waals surface area (Å²) < 4.78 is 28.2. The van der Waals surface area contributed by atoms with Gasteiger partial charge in [0.1, 0.15) is 11.6 Å². The molecule has 0 aromatic heterocycles. The first-order chi connectivity index (χ1) is 9.99. The van der Waals surface area contributed by atoms with Gasteiger partial charge >= 0.3 is 0 Å². The van der Waals surface area contributed by atoms with Crippen LogP contribution in [0.2, 0.25) is 0 Å². The third-order valence-corrected chi connectivity index (χ3v) is 4.37. The molecule has 21 heavy (non-hydrogen) atoms. The Morgan fingerprint density at radius 2 is 1.81 bits per heavy atom. The molecule has 0 heterocycles. The maximum absolute atomic E-state index is 13.6. The highest BCUT2D eigenvalue weighted by Gasteiger charge is 2.15. The summed E-state index contributed by atoms with van der Waals surface area (Å²) in [5, 5.41) is 3.34. The normalized spacial score (nSPS) is 12.4. The van der Waals surface area contributed by atoms with E-state index in [0.717, 1.165) is 22.1 Å². The van der Waals surface area contributed by atoms with Crippen molar-refractivity contribution in [1.29, 1.82) is 0 Å². The van der Waals surface area contributed by atoms with Crippen LogP contribution in [0.5, 0.6) is 0 Å². The molecule has 0 amide bonds. The van der Waals surface area contributed by atoms with Gasteiger partial charge in [0.15, 0.2) is 0 Å². The van der Waals surface area contributed by atoms with Crippen LogP contribution < -0.4 is 5.32 Å². The molecule has 112 valence electrons. The largest absolute Gasteiger partial charge is 0.310 e. The van der Waals surface area contributed by atoms with Gasteiger partial charge in [-0.05, 0) is 54.4 Å². The summed E-state index contributed by atoms with van der Waals surface area (Å²) in [6.07, 6.45) is 0.643. The Balaban J connectivity index is 2.30. The van der Waals surface area contributed by atoms with E-state index in [1.165, 1.54) is 24.3 Å². The van der Waals surface area contributed by atoms with Crippen molar-refractivity contribution in [3.63, 3.8) is 0 Å². The lowest BCUT2D eigenvalue weighted by Crippen LogP contribution is -2.23. The Morgan fingerprint density at radius 1 is 1.05 bits per heavy atom. The first-order valence-electron chi connectivity index (χ1n) is 6.63. The van der Waals surface area contributed by atoms with E-state index in [-0.39, 0.29) is 17.7 Å². The Hall–Kier alpha value is -0.780. The van der Waals surface area contributed by atoms with Crippen LogP contribution in [0.15, 0.2) is 45.3 Å². The van der Waals surface area contributed by atoms with Crippen LogP contribution in [0.4, 0.5) is 8.78 Å². The minimum atomic E-state index is -0.279. The van der Waals surface area contributed by atoms with Gasteiger partial charge in [0.25, 0.3) is 0 Å². The second-order valence-electron chi connectivity index (χ2n) is 4.75. The molecular weight excluding hydrogens is 404 g/mol. The average molecular weight is 419 g/mol. The Kier molecular flexibility index (Phi) is 5.90. The minimum Gasteiger partial charge on any atom is -0.310 e. The minimum absolute atomic E-state index is 0.0382. The zero-order valence-corrected chi connectivity index (χ0v) is 14.6. The van der Waals surface area contributed by atoms with Gasteiger partial charge < -0.3 is 5.32 Å². The lowest BCUT2D eigenvalue weighted by molar-refractivity contribution is 0.540. The predicted octanol–water partition coefficient (Wildman–Crippen LogP) is 5.38. The zero-order valence-electron chi connectivity index (χ0n) is 11.5. The summed E-state index contributed by atoms with van der Waals surface area (Å²) >= 11 is 6.69. The summed E-state index contributed by atoms with van der Waals surface area (Å²) in [6, 6.07) is 9.44. The molecule has 0 aliphatic heterocycles. The fourth-order valence-corrected chi connectivity index (χ4v) is 3.23. The number of hydrogen-bond donors (Lipinski definition) is 1. The fraction of sp³-hybridized carbons (Fsp3) is 0.250. The molecule has 0 radical (unpaired) electrons. The zero-order chi connectivity index (χ0) is 15.4. The fourth-order valence-electron chi connectivity index (χ4n) is 2.24. The molecule has 0 saturated carbocycles. The molecule has 1 unspecified atom stereocenters. The van der Waals surface area contributed by atoms with Crippen molar-refractivity contribution in [2.24, 2.45) is 0 Å². The van der Waals surface area contributed by atoms with Crippen LogP contribution >= 0.6 is 31.9 Å². The Bertz CT molecular complexity index is 611. The van der Waals surface area contributed by atoms with Gasteiger partial charge in [-0.15, -0.1) is 0 Å². The highest BCUT2D eigenvalue weighted by Crippen LogP contribution is 2.27. The van der Waals surface area contributed by atoms with Crippen LogP contribution in [0.1, 0.15) is 24.1 Å². The average Bonchev–Trinajstić information content (AvgIpc) is 2.40. The first-order valence-corrected chi connectivity index (χ1v) is 8.21. The van der Waals surface area contributed by atoms with E-state index in [9.17, 15) is 8.78 Å². The monoisotopic (exact) mass is 417 g/mol. The maximum Gasteiger partial charge on any atom is 0.124 e. The topological polar surface area (TPSA) is 12.0 Å². The SMILES string of the molecule is CCNC(Cc1ccc(F)cc1Br)c1cc(F)cc(Br)c1. The maximum atomic E-state index is 13.6. The number of benzene rings is 2. The number of nitrogens with one attached hydrogen (secondary N) is 1. The van der Waals surface area contributed by atoms with Gasteiger partial charge in [-0.1, -0.05) is 44.8 Å². The van der Waals surface area contributed by atoms with E-state index in [4.69, 9.17) is 0 Å². The molecule has 0 bridgehead atoms. The van der Waals surface area contributed by atoms with Gasteiger partial charge in [-0.2, -0.15) is 0 Å². The van der Waals surface area contributed by atoms with Crippen molar-refractivity contribution in [3.05, 3.63) is 68.1 Å². The van der Waals surface area contributed by atoms with Crippen LogP contribution in [0.3, 0.4) is 0 Å². The van der Waals surface area contributed by atoms with Gasteiger partial charge in [0.2, 0.25) is 0 Å². The van der Waals surface area contributed by atoms with Crippen molar-refractivity contribution in [3.8, 4) is 0 Å². The number of likely N-dealkylation sites (N-methyl/N-ethyl adjacent to an activating group) is 1. The Morgan fingerprint density at radius 3 is 2.43 bits per heavy atom. The van der Waals surface area contributed by atoms with E-state index in [1.54, 1.807) is 6.07 Å². The first kappa shape index (κ1) is 16.6. The summed E-state index contributed by atoms with van der Waals surface area (Å²) in [7, 11) is 0.